The van der Waals surface area contributed by atoms with E-state index in [0.717, 1.165) is 33.2 Å². The number of hydrogen-bond donors (Lipinski definition) is 1. The predicted octanol–water partition coefficient (Wildman–Crippen LogP) is 8.13. The average molecular weight is 461 g/mol. The molecule has 0 spiro atoms. The Kier molecular flexibility index (Phi) is 5.45. The Morgan fingerprint density at radius 1 is 1.12 bits per heavy atom. The minimum absolute atomic E-state index is 0.232. The zero-order valence-electron chi connectivity index (χ0n) is 17.7. The van der Waals surface area contributed by atoms with Crippen LogP contribution in [0, 0.1) is 0 Å². The highest BCUT2D eigenvalue weighted by Gasteiger charge is 2.18. The molecule has 0 bridgehead atoms. The molecule has 0 saturated heterocycles. The van der Waals surface area contributed by atoms with Crippen molar-refractivity contribution in [3.63, 3.8) is 0 Å². The minimum atomic E-state index is -0.232. The second-order valence-corrected chi connectivity index (χ2v) is 9.26. The van der Waals surface area contributed by atoms with Gasteiger partial charge in [0.05, 0.1) is 5.02 Å². The molecule has 2 heterocycles. The van der Waals surface area contributed by atoms with E-state index in [2.05, 4.69) is 36.3 Å². The molecule has 0 aliphatic carbocycles. The van der Waals surface area contributed by atoms with Gasteiger partial charge in [0.25, 0.3) is 5.91 Å². The number of carbonyl (C=O) groups excluding carboxylic acids is 1. The number of anilines is 1. The van der Waals surface area contributed by atoms with E-state index in [9.17, 15) is 4.79 Å². The molecule has 5 aromatic rings. The first-order chi connectivity index (χ1) is 15.5. The molecule has 0 saturated carbocycles. The summed E-state index contributed by atoms with van der Waals surface area (Å²) in [5.41, 5.74) is 4.29. The molecule has 3 aromatic carbocycles. The third kappa shape index (κ3) is 3.78. The van der Waals surface area contributed by atoms with Gasteiger partial charge in [-0.2, -0.15) is 0 Å². The first-order valence-electron chi connectivity index (χ1n) is 10.5. The van der Waals surface area contributed by atoms with Crippen molar-refractivity contribution >= 4 is 55.7 Å². The topological polar surface area (TPSA) is 55.1 Å². The number of rotatable bonds is 5. The van der Waals surface area contributed by atoms with Crippen molar-refractivity contribution in [2.45, 2.75) is 26.2 Å². The van der Waals surface area contributed by atoms with Crippen molar-refractivity contribution in [2.75, 3.05) is 5.32 Å². The zero-order chi connectivity index (χ0) is 22.2. The lowest BCUT2D eigenvalue weighted by molar-refractivity contribution is 0.103. The molecule has 0 unspecified atom stereocenters. The van der Waals surface area contributed by atoms with Crippen LogP contribution in [0.2, 0.25) is 5.02 Å². The number of aromatic nitrogens is 1. The molecule has 1 amide bonds. The Labute approximate surface area is 194 Å². The molecular formula is C26H21ClN2O2S. The third-order valence-electron chi connectivity index (χ3n) is 5.70. The van der Waals surface area contributed by atoms with Gasteiger partial charge in [-0.15, -0.1) is 11.3 Å². The number of carbonyl (C=O) groups is 1. The fourth-order valence-electron chi connectivity index (χ4n) is 3.69. The second kappa shape index (κ2) is 8.41. The quantitative estimate of drug-likeness (QED) is 0.288. The molecule has 4 nitrogen and oxygen atoms in total. The Morgan fingerprint density at radius 2 is 1.97 bits per heavy atom. The third-order valence-corrected chi connectivity index (χ3v) is 7.38. The highest BCUT2D eigenvalue weighted by atomic mass is 35.5. The first-order valence-corrected chi connectivity index (χ1v) is 11.7. The maximum atomic E-state index is 12.9. The largest absolute Gasteiger partial charge is 0.436 e. The lowest BCUT2D eigenvalue weighted by atomic mass is 9.98. The van der Waals surface area contributed by atoms with Crippen molar-refractivity contribution in [1.29, 1.82) is 0 Å². The van der Waals surface area contributed by atoms with E-state index < -0.39 is 0 Å². The Morgan fingerprint density at radius 3 is 2.78 bits per heavy atom. The van der Waals surface area contributed by atoms with Crippen LogP contribution in [0.4, 0.5) is 5.69 Å². The number of hydrogen-bond acceptors (Lipinski definition) is 4. The van der Waals surface area contributed by atoms with E-state index in [-0.39, 0.29) is 5.91 Å². The van der Waals surface area contributed by atoms with E-state index in [4.69, 9.17) is 16.0 Å². The van der Waals surface area contributed by atoms with Crippen LogP contribution in [0.1, 0.15) is 41.4 Å². The Balaban J connectivity index is 1.43. The van der Waals surface area contributed by atoms with Crippen LogP contribution in [-0.4, -0.2) is 10.9 Å². The highest BCUT2D eigenvalue weighted by Crippen LogP contribution is 2.36. The number of halogens is 1. The summed E-state index contributed by atoms with van der Waals surface area (Å²) in [5.74, 6) is 0.764. The predicted molar refractivity (Wildman–Crippen MR) is 133 cm³/mol. The molecule has 6 heteroatoms. The number of oxazole rings is 1. The number of nitrogens with zero attached hydrogens (tertiary/aromatic N) is 1. The maximum absolute atomic E-state index is 12.9. The van der Waals surface area contributed by atoms with Crippen LogP contribution in [-0.2, 0) is 0 Å². The van der Waals surface area contributed by atoms with Crippen molar-refractivity contribution in [2.24, 2.45) is 0 Å². The van der Waals surface area contributed by atoms with Crippen molar-refractivity contribution in [1.82, 2.24) is 4.98 Å². The molecule has 160 valence electrons. The lowest BCUT2D eigenvalue weighted by Gasteiger charge is -2.07. The number of benzene rings is 3. The van der Waals surface area contributed by atoms with Gasteiger partial charge in [-0.05, 0) is 54.3 Å². The molecule has 2 aromatic heterocycles. The number of thiophene rings is 1. The number of fused-ring (bicyclic) bond motifs is 2. The van der Waals surface area contributed by atoms with Gasteiger partial charge in [-0.3, -0.25) is 4.79 Å². The zero-order valence-corrected chi connectivity index (χ0v) is 19.3. The maximum Gasteiger partial charge on any atom is 0.267 e. The summed E-state index contributed by atoms with van der Waals surface area (Å²) < 4.78 is 6.97. The molecule has 5 rings (SSSR count). The summed E-state index contributed by atoms with van der Waals surface area (Å²) in [7, 11) is 0. The van der Waals surface area contributed by atoms with E-state index >= 15 is 0 Å². The molecule has 1 N–H and O–H groups in total. The molecule has 0 aliphatic heterocycles. The molecular weight excluding hydrogens is 440 g/mol. The molecule has 0 aliphatic rings. The molecule has 0 radical (unpaired) electrons. The second-order valence-electron chi connectivity index (χ2n) is 7.83. The van der Waals surface area contributed by atoms with Gasteiger partial charge in [0.15, 0.2) is 5.58 Å². The Hall–Kier alpha value is -3.15. The number of nitrogens with one attached hydrogen (secondary N) is 1. The SMILES string of the molecule is CC[C@H](C)c1ccc2oc(-c3cccc(NC(=O)c4sc5ccccc5c4Cl)c3)nc2c1. The van der Waals surface area contributed by atoms with Crippen molar-refractivity contribution in [3.05, 3.63) is 82.2 Å². The summed E-state index contributed by atoms with van der Waals surface area (Å²) in [6.07, 6.45) is 1.07. The summed E-state index contributed by atoms with van der Waals surface area (Å²) in [4.78, 5) is 18.1. The van der Waals surface area contributed by atoms with E-state index in [1.807, 2.05) is 54.6 Å². The molecule has 32 heavy (non-hydrogen) atoms. The van der Waals surface area contributed by atoms with Crippen LogP contribution in [0.25, 0.3) is 32.6 Å². The van der Waals surface area contributed by atoms with Gasteiger partial charge in [0.2, 0.25) is 5.89 Å². The van der Waals surface area contributed by atoms with Crippen LogP contribution in [0.15, 0.2) is 71.1 Å². The summed E-state index contributed by atoms with van der Waals surface area (Å²) in [6.45, 7) is 4.38. The fraction of sp³-hybridized carbons (Fsp3) is 0.154. The smallest absolute Gasteiger partial charge is 0.267 e. The van der Waals surface area contributed by atoms with E-state index in [1.165, 1.54) is 16.9 Å². The van der Waals surface area contributed by atoms with Gasteiger partial charge in [-0.1, -0.05) is 55.8 Å². The highest BCUT2D eigenvalue weighted by molar-refractivity contribution is 7.21. The normalized spacial score (nSPS) is 12.3. The molecule has 1 atom stereocenters. The van der Waals surface area contributed by atoms with E-state index in [0.29, 0.717) is 27.4 Å². The standard InChI is InChI=1S/C26H21ClN2O2S/c1-3-15(2)16-11-12-21-20(14-16)29-26(31-21)17-7-6-8-18(13-17)28-25(30)24-23(27)19-9-4-5-10-22(19)32-24/h4-15H,3H2,1-2H3,(H,28,30)/t15-/m0/s1. The van der Waals surface area contributed by atoms with Gasteiger partial charge < -0.3 is 9.73 Å². The molecule has 0 fully saturated rings. The summed E-state index contributed by atoms with van der Waals surface area (Å²) in [5, 5.41) is 4.33. The van der Waals surface area contributed by atoms with Crippen LogP contribution in [0.3, 0.4) is 0 Å². The lowest BCUT2D eigenvalue weighted by Crippen LogP contribution is -2.10. The summed E-state index contributed by atoms with van der Waals surface area (Å²) in [6, 6.07) is 21.4. The van der Waals surface area contributed by atoms with Crippen LogP contribution >= 0.6 is 22.9 Å². The Bertz CT molecular complexity index is 1450. The van der Waals surface area contributed by atoms with Crippen LogP contribution < -0.4 is 5.32 Å². The van der Waals surface area contributed by atoms with Crippen molar-refractivity contribution in [3.8, 4) is 11.5 Å². The van der Waals surface area contributed by atoms with Gasteiger partial charge in [-0.25, -0.2) is 4.98 Å². The summed E-state index contributed by atoms with van der Waals surface area (Å²) >= 11 is 7.85. The fourth-order valence-corrected chi connectivity index (χ4v) is 5.10. The average Bonchev–Trinajstić information content (AvgIpc) is 3.40. The minimum Gasteiger partial charge on any atom is -0.436 e. The monoisotopic (exact) mass is 460 g/mol. The van der Waals surface area contributed by atoms with Gasteiger partial charge in [0.1, 0.15) is 10.4 Å². The van der Waals surface area contributed by atoms with Crippen molar-refractivity contribution < 1.29 is 9.21 Å². The first kappa shape index (κ1) is 20.7. The van der Waals surface area contributed by atoms with Gasteiger partial charge >= 0.3 is 0 Å². The van der Waals surface area contributed by atoms with Crippen LogP contribution in [0.5, 0.6) is 0 Å². The van der Waals surface area contributed by atoms with E-state index in [1.54, 1.807) is 0 Å². The number of amides is 1. The van der Waals surface area contributed by atoms with Gasteiger partial charge in [0, 0.05) is 21.3 Å².